The van der Waals surface area contributed by atoms with Crippen LogP contribution in [-0.4, -0.2) is 30.4 Å². The van der Waals surface area contributed by atoms with E-state index in [1.54, 1.807) is 0 Å². The molecule has 2 rings (SSSR count). The smallest absolute Gasteiger partial charge is 0.222 e. The molecule has 1 saturated heterocycles. The summed E-state index contributed by atoms with van der Waals surface area (Å²) >= 11 is 0. The number of nitrogens with one attached hydrogen (secondary N) is 1. The van der Waals surface area contributed by atoms with Crippen LogP contribution in [0.1, 0.15) is 44.6 Å². The lowest BCUT2D eigenvalue weighted by Crippen LogP contribution is -2.32. The molecule has 22 heavy (non-hydrogen) atoms. The van der Waals surface area contributed by atoms with E-state index in [4.69, 9.17) is 0 Å². The van der Waals surface area contributed by atoms with Gasteiger partial charge in [-0.1, -0.05) is 37.3 Å². The first kappa shape index (κ1) is 19.0. The summed E-state index contributed by atoms with van der Waals surface area (Å²) in [5.41, 5.74) is 1.22. The third-order valence-electron chi connectivity index (χ3n) is 4.29. The largest absolute Gasteiger partial charge is 0.338 e. The predicted octanol–water partition coefficient (Wildman–Crippen LogP) is 3.63. The minimum atomic E-state index is 0. The lowest BCUT2D eigenvalue weighted by molar-refractivity contribution is -0.132. The maximum atomic E-state index is 12.5. The third kappa shape index (κ3) is 6.37. The van der Waals surface area contributed by atoms with Gasteiger partial charge in [0.15, 0.2) is 0 Å². The SMILES string of the molecule is CCCN(Cc1ccccc1)C(=O)CCC1CCNCC1.Cl. The van der Waals surface area contributed by atoms with Crippen molar-refractivity contribution in [2.45, 2.75) is 45.6 Å². The molecule has 1 aliphatic rings. The zero-order chi connectivity index (χ0) is 14.9. The normalized spacial score (nSPS) is 15.1. The first-order valence-corrected chi connectivity index (χ1v) is 8.32. The zero-order valence-electron chi connectivity index (χ0n) is 13.6. The number of rotatable bonds is 7. The molecular weight excluding hydrogens is 296 g/mol. The number of nitrogens with zero attached hydrogens (tertiary/aromatic N) is 1. The van der Waals surface area contributed by atoms with Gasteiger partial charge >= 0.3 is 0 Å². The highest BCUT2D eigenvalue weighted by Gasteiger charge is 2.17. The summed E-state index contributed by atoms with van der Waals surface area (Å²) in [6.45, 7) is 5.97. The fourth-order valence-electron chi connectivity index (χ4n) is 3.02. The van der Waals surface area contributed by atoms with E-state index in [9.17, 15) is 4.79 Å². The maximum Gasteiger partial charge on any atom is 0.222 e. The molecular formula is C18H29ClN2O. The van der Waals surface area contributed by atoms with Gasteiger partial charge in [0.1, 0.15) is 0 Å². The molecule has 1 heterocycles. The molecule has 0 unspecified atom stereocenters. The topological polar surface area (TPSA) is 32.3 Å². The number of halogens is 1. The minimum Gasteiger partial charge on any atom is -0.338 e. The quantitative estimate of drug-likeness (QED) is 0.830. The van der Waals surface area contributed by atoms with Crippen molar-refractivity contribution in [3.63, 3.8) is 0 Å². The molecule has 0 aromatic heterocycles. The molecule has 0 spiro atoms. The monoisotopic (exact) mass is 324 g/mol. The van der Waals surface area contributed by atoms with E-state index < -0.39 is 0 Å². The highest BCUT2D eigenvalue weighted by Crippen LogP contribution is 2.19. The first-order chi connectivity index (χ1) is 10.3. The second-order valence-electron chi connectivity index (χ2n) is 6.03. The Labute approximate surface area is 140 Å². The molecule has 0 aliphatic carbocycles. The summed E-state index contributed by atoms with van der Waals surface area (Å²) in [6.07, 6.45) is 5.22. The van der Waals surface area contributed by atoms with E-state index >= 15 is 0 Å². The molecule has 1 aromatic carbocycles. The van der Waals surface area contributed by atoms with E-state index in [1.807, 2.05) is 23.1 Å². The van der Waals surface area contributed by atoms with Crippen LogP contribution in [0.4, 0.5) is 0 Å². The molecule has 1 amide bonds. The van der Waals surface area contributed by atoms with Gasteiger partial charge in [0.25, 0.3) is 0 Å². The van der Waals surface area contributed by atoms with Crippen molar-refractivity contribution in [1.82, 2.24) is 10.2 Å². The van der Waals surface area contributed by atoms with Crippen molar-refractivity contribution >= 4 is 18.3 Å². The summed E-state index contributed by atoms with van der Waals surface area (Å²) in [4.78, 5) is 14.5. The van der Waals surface area contributed by atoms with E-state index in [-0.39, 0.29) is 12.4 Å². The number of carbonyl (C=O) groups is 1. The van der Waals surface area contributed by atoms with Crippen LogP contribution in [0.15, 0.2) is 30.3 Å². The molecule has 1 aromatic rings. The summed E-state index contributed by atoms with van der Waals surface area (Å²) in [6, 6.07) is 10.3. The lowest BCUT2D eigenvalue weighted by atomic mass is 9.93. The first-order valence-electron chi connectivity index (χ1n) is 8.32. The van der Waals surface area contributed by atoms with Crippen molar-refractivity contribution in [3.05, 3.63) is 35.9 Å². The summed E-state index contributed by atoms with van der Waals surface area (Å²) < 4.78 is 0. The van der Waals surface area contributed by atoms with E-state index in [0.717, 1.165) is 44.9 Å². The molecule has 4 heteroatoms. The fourth-order valence-corrected chi connectivity index (χ4v) is 3.02. The van der Waals surface area contributed by atoms with Crippen LogP contribution in [0.5, 0.6) is 0 Å². The Kier molecular flexibility index (Phi) is 9.17. The summed E-state index contributed by atoms with van der Waals surface area (Å²) in [5, 5.41) is 3.38. The van der Waals surface area contributed by atoms with Crippen molar-refractivity contribution < 1.29 is 4.79 Å². The molecule has 1 N–H and O–H groups in total. The van der Waals surface area contributed by atoms with E-state index in [0.29, 0.717) is 12.3 Å². The maximum absolute atomic E-state index is 12.5. The molecule has 1 aliphatic heterocycles. The van der Waals surface area contributed by atoms with Gasteiger partial charge in [0, 0.05) is 19.5 Å². The highest BCUT2D eigenvalue weighted by atomic mass is 35.5. The fraction of sp³-hybridized carbons (Fsp3) is 0.611. The molecule has 3 nitrogen and oxygen atoms in total. The van der Waals surface area contributed by atoms with Gasteiger partial charge in [-0.3, -0.25) is 4.79 Å². The Bertz CT molecular complexity index is 418. The van der Waals surface area contributed by atoms with Gasteiger partial charge in [-0.25, -0.2) is 0 Å². The minimum absolute atomic E-state index is 0. The Morgan fingerprint density at radius 3 is 2.55 bits per heavy atom. The molecule has 0 saturated carbocycles. The summed E-state index contributed by atoms with van der Waals surface area (Å²) in [7, 11) is 0. The standard InChI is InChI=1S/C18H28N2O.ClH/c1-2-14-20(15-17-6-4-3-5-7-17)18(21)9-8-16-10-12-19-13-11-16;/h3-7,16,19H,2,8-15H2,1H3;1H. The van der Waals surface area contributed by atoms with Crippen LogP contribution >= 0.6 is 12.4 Å². The molecule has 0 atom stereocenters. The van der Waals surface area contributed by atoms with Crippen molar-refractivity contribution in [3.8, 4) is 0 Å². The molecule has 124 valence electrons. The van der Waals surface area contributed by atoms with Gasteiger partial charge in [-0.15, -0.1) is 12.4 Å². The Morgan fingerprint density at radius 1 is 1.23 bits per heavy atom. The number of benzene rings is 1. The Balaban J connectivity index is 0.00000242. The van der Waals surface area contributed by atoms with Crippen LogP contribution in [-0.2, 0) is 11.3 Å². The number of piperidine rings is 1. The van der Waals surface area contributed by atoms with Crippen molar-refractivity contribution in [1.29, 1.82) is 0 Å². The summed E-state index contributed by atoms with van der Waals surface area (Å²) in [5.74, 6) is 1.05. The number of hydrogen-bond acceptors (Lipinski definition) is 2. The number of carbonyl (C=O) groups excluding carboxylic acids is 1. The molecule has 0 bridgehead atoms. The third-order valence-corrected chi connectivity index (χ3v) is 4.29. The molecule has 0 radical (unpaired) electrons. The van der Waals surface area contributed by atoms with Gasteiger partial charge < -0.3 is 10.2 Å². The predicted molar refractivity (Wildman–Crippen MR) is 94.2 cm³/mol. The van der Waals surface area contributed by atoms with E-state index in [1.165, 1.54) is 18.4 Å². The Morgan fingerprint density at radius 2 is 1.91 bits per heavy atom. The van der Waals surface area contributed by atoms with Crippen molar-refractivity contribution in [2.24, 2.45) is 5.92 Å². The van der Waals surface area contributed by atoms with Gasteiger partial charge in [0.2, 0.25) is 5.91 Å². The van der Waals surface area contributed by atoms with E-state index in [2.05, 4.69) is 24.4 Å². The van der Waals surface area contributed by atoms with Gasteiger partial charge in [-0.2, -0.15) is 0 Å². The zero-order valence-corrected chi connectivity index (χ0v) is 14.4. The van der Waals surface area contributed by atoms with Crippen LogP contribution in [0.2, 0.25) is 0 Å². The number of hydrogen-bond donors (Lipinski definition) is 1. The highest BCUT2D eigenvalue weighted by molar-refractivity contribution is 5.85. The van der Waals surface area contributed by atoms with Crippen LogP contribution in [0.25, 0.3) is 0 Å². The van der Waals surface area contributed by atoms with Crippen LogP contribution in [0.3, 0.4) is 0 Å². The average molecular weight is 325 g/mol. The second-order valence-corrected chi connectivity index (χ2v) is 6.03. The number of amides is 1. The van der Waals surface area contributed by atoms with Crippen LogP contribution < -0.4 is 5.32 Å². The second kappa shape index (κ2) is 10.6. The van der Waals surface area contributed by atoms with Crippen molar-refractivity contribution in [2.75, 3.05) is 19.6 Å². The average Bonchev–Trinajstić information content (AvgIpc) is 2.54. The molecule has 1 fully saturated rings. The van der Waals surface area contributed by atoms with Gasteiger partial charge in [-0.05, 0) is 50.3 Å². The Hall–Kier alpha value is -1.06. The van der Waals surface area contributed by atoms with Crippen LogP contribution in [0, 0.1) is 5.92 Å². The lowest BCUT2D eigenvalue weighted by Gasteiger charge is -2.25. The van der Waals surface area contributed by atoms with Gasteiger partial charge in [0.05, 0.1) is 0 Å².